The van der Waals surface area contributed by atoms with Crippen molar-refractivity contribution in [3.05, 3.63) is 63.6 Å². The Morgan fingerprint density at radius 3 is 2.33 bits per heavy atom. The van der Waals surface area contributed by atoms with Crippen LogP contribution in [0.25, 0.3) is 6.08 Å². The van der Waals surface area contributed by atoms with Gasteiger partial charge in [0.05, 0.1) is 23.5 Å². The predicted molar refractivity (Wildman–Crippen MR) is 103 cm³/mol. The molecule has 27 heavy (non-hydrogen) atoms. The Kier molecular flexibility index (Phi) is 6.57. The van der Waals surface area contributed by atoms with Crippen LogP contribution in [0, 0.1) is 16.0 Å². The van der Waals surface area contributed by atoms with E-state index in [1.807, 2.05) is 13.8 Å². The first kappa shape index (κ1) is 20.4. The summed E-state index contributed by atoms with van der Waals surface area (Å²) in [4.78, 5) is 10.1. The summed E-state index contributed by atoms with van der Waals surface area (Å²) < 4.78 is 35.7. The molecule has 2 aromatic carbocycles. The van der Waals surface area contributed by atoms with Gasteiger partial charge in [-0.2, -0.15) is 0 Å². The van der Waals surface area contributed by atoms with E-state index in [1.54, 1.807) is 18.2 Å². The summed E-state index contributed by atoms with van der Waals surface area (Å²) in [5, 5.41) is 11.7. The Hall–Kier alpha value is -2.87. The van der Waals surface area contributed by atoms with Gasteiger partial charge in [0.15, 0.2) is 21.3 Å². The minimum atomic E-state index is -3.73. The topological polar surface area (TPSA) is 95.7 Å². The van der Waals surface area contributed by atoms with Crippen molar-refractivity contribution in [1.82, 2.24) is 0 Å². The number of benzene rings is 2. The van der Waals surface area contributed by atoms with Gasteiger partial charge in [-0.05, 0) is 41.8 Å². The van der Waals surface area contributed by atoms with Gasteiger partial charge in [0.2, 0.25) is 0 Å². The molecule has 8 heteroatoms. The fourth-order valence-corrected chi connectivity index (χ4v) is 3.18. The summed E-state index contributed by atoms with van der Waals surface area (Å²) in [6, 6.07) is 9.86. The Balaban J connectivity index is 2.21. The van der Waals surface area contributed by atoms with Crippen LogP contribution in [0.1, 0.15) is 19.4 Å². The van der Waals surface area contributed by atoms with Crippen molar-refractivity contribution in [2.45, 2.75) is 18.7 Å². The van der Waals surface area contributed by atoms with Gasteiger partial charge in [-0.3, -0.25) is 10.1 Å². The number of sulfone groups is 1. The van der Waals surface area contributed by atoms with E-state index in [9.17, 15) is 18.5 Å². The number of hydrogen-bond acceptors (Lipinski definition) is 6. The maximum absolute atomic E-state index is 12.4. The molecule has 0 atom stereocenters. The van der Waals surface area contributed by atoms with Crippen LogP contribution < -0.4 is 9.47 Å². The number of hydrogen-bond donors (Lipinski definition) is 0. The van der Waals surface area contributed by atoms with Crippen molar-refractivity contribution < 1.29 is 22.8 Å². The van der Waals surface area contributed by atoms with Crippen LogP contribution in [0.15, 0.2) is 52.8 Å². The number of non-ortho nitro benzene ring substituents is 1. The molecular formula is C19H21NO6S. The van der Waals surface area contributed by atoms with Crippen LogP contribution in [0.5, 0.6) is 11.5 Å². The molecule has 0 unspecified atom stereocenters. The van der Waals surface area contributed by atoms with E-state index < -0.39 is 14.8 Å². The van der Waals surface area contributed by atoms with E-state index in [-0.39, 0.29) is 10.6 Å². The highest BCUT2D eigenvalue weighted by Gasteiger charge is 2.13. The Labute approximate surface area is 158 Å². The number of rotatable bonds is 8. The summed E-state index contributed by atoms with van der Waals surface area (Å²) in [5.41, 5.74) is 0.453. The van der Waals surface area contributed by atoms with E-state index in [4.69, 9.17) is 9.47 Å². The zero-order chi connectivity index (χ0) is 20.0. The molecule has 144 valence electrons. The number of ether oxygens (including phenoxy) is 2. The summed E-state index contributed by atoms with van der Waals surface area (Å²) in [6.45, 7) is 4.61. The number of nitro benzene ring substituents is 1. The van der Waals surface area contributed by atoms with Crippen LogP contribution in [0.3, 0.4) is 0 Å². The van der Waals surface area contributed by atoms with Gasteiger partial charge in [0, 0.05) is 17.5 Å². The highest BCUT2D eigenvalue weighted by atomic mass is 32.2. The van der Waals surface area contributed by atoms with E-state index in [1.165, 1.54) is 25.3 Å². The normalized spacial score (nSPS) is 11.7. The first-order valence-corrected chi connectivity index (χ1v) is 9.76. The largest absolute Gasteiger partial charge is 0.493 e. The Bertz CT molecular complexity index is 933. The minimum absolute atomic E-state index is 0.0202. The fourth-order valence-electron chi connectivity index (χ4n) is 2.17. The van der Waals surface area contributed by atoms with Crippen molar-refractivity contribution in [1.29, 1.82) is 0 Å². The second-order valence-electron chi connectivity index (χ2n) is 6.21. The van der Waals surface area contributed by atoms with Crippen molar-refractivity contribution >= 4 is 21.6 Å². The predicted octanol–water partition coefficient (Wildman–Crippen LogP) is 4.08. The van der Waals surface area contributed by atoms with Crippen molar-refractivity contribution in [3.63, 3.8) is 0 Å². The number of methoxy groups -OCH3 is 1. The van der Waals surface area contributed by atoms with Crippen LogP contribution in [-0.4, -0.2) is 27.1 Å². The van der Waals surface area contributed by atoms with Gasteiger partial charge < -0.3 is 9.47 Å². The summed E-state index contributed by atoms with van der Waals surface area (Å²) >= 11 is 0. The van der Waals surface area contributed by atoms with Crippen LogP contribution in [0.4, 0.5) is 5.69 Å². The average molecular weight is 391 g/mol. The van der Waals surface area contributed by atoms with E-state index in [0.29, 0.717) is 29.6 Å². The average Bonchev–Trinajstić information content (AvgIpc) is 2.65. The molecule has 0 aliphatic heterocycles. The molecule has 0 N–H and O–H groups in total. The molecule has 0 radical (unpaired) electrons. The molecule has 0 saturated heterocycles. The molecule has 0 spiro atoms. The Morgan fingerprint density at radius 1 is 1.11 bits per heavy atom. The molecule has 0 amide bonds. The zero-order valence-electron chi connectivity index (χ0n) is 15.3. The lowest BCUT2D eigenvalue weighted by atomic mass is 10.2. The van der Waals surface area contributed by atoms with Crippen LogP contribution in [-0.2, 0) is 9.84 Å². The lowest BCUT2D eigenvalue weighted by Crippen LogP contribution is -2.05. The second kappa shape index (κ2) is 8.68. The van der Waals surface area contributed by atoms with Gasteiger partial charge in [0.1, 0.15) is 0 Å². The minimum Gasteiger partial charge on any atom is -0.493 e. The SMILES string of the molecule is COc1cc(/C=C/S(=O)(=O)c2ccc([N+](=O)[O-])cc2)ccc1OCC(C)C. The quantitative estimate of drug-likeness (QED) is 0.497. The summed E-state index contributed by atoms with van der Waals surface area (Å²) in [6.07, 6.45) is 1.44. The molecule has 0 aromatic heterocycles. The lowest BCUT2D eigenvalue weighted by Gasteiger charge is -2.12. The molecule has 2 aromatic rings. The van der Waals surface area contributed by atoms with Crippen LogP contribution >= 0.6 is 0 Å². The van der Waals surface area contributed by atoms with E-state index >= 15 is 0 Å². The molecule has 0 fully saturated rings. The highest BCUT2D eigenvalue weighted by molar-refractivity contribution is 7.94. The van der Waals surface area contributed by atoms with Crippen molar-refractivity contribution in [3.8, 4) is 11.5 Å². The first-order chi connectivity index (χ1) is 12.7. The molecule has 0 bridgehead atoms. The van der Waals surface area contributed by atoms with Gasteiger partial charge in [-0.1, -0.05) is 19.9 Å². The van der Waals surface area contributed by atoms with E-state index in [0.717, 1.165) is 17.5 Å². The third kappa shape index (κ3) is 5.55. The monoisotopic (exact) mass is 391 g/mol. The number of nitrogens with zero attached hydrogens (tertiary/aromatic N) is 1. The second-order valence-corrected chi connectivity index (χ2v) is 8.05. The zero-order valence-corrected chi connectivity index (χ0v) is 16.1. The molecular weight excluding hydrogens is 370 g/mol. The molecule has 0 heterocycles. The van der Waals surface area contributed by atoms with Crippen molar-refractivity contribution in [2.24, 2.45) is 5.92 Å². The maximum Gasteiger partial charge on any atom is 0.269 e. The van der Waals surface area contributed by atoms with Gasteiger partial charge in [-0.15, -0.1) is 0 Å². The standard InChI is InChI=1S/C19H21NO6S/c1-14(2)13-26-18-9-4-15(12-19(18)25-3)10-11-27(23,24)17-7-5-16(6-8-17)20(21)22/h4-12,14H,13H2,1-3H3/b11-10+. The molecule has 7 nitrogen and oxygen atoms in total. The van der Waals surface area contributed by atoms with Gasteiger partial charge in [-0.25, -0.2) is 8.42 Å². The third-order valence-electron chi connectivity index (χ3n) is 3.58. The Morgan fingerprint density at radius 2 is 1.78 bits per heavy atom. The van der Waals surface area contributed by atoms with Crippen molar-refractivity contribution in [2.75, 3.05) is 13.7 Å². The lowest BCUT2D eigenvalue weighted by molar-refractivity contribution is -0.384. The fraction of sp³-hybridized carbons (Fsp3) is 0.263. The summed E-state index contributed by atoms with van der Waals surface area (Å²) in [5.74, 6) is 1.45. The van der Waals surface area contributed by atoms with Gasteiger partial charge in [0.25, 0.3) is 5.69 Å². The number of nitro groups is 1. The maximum atomic E-state index is 12.4. The van der Waals surface area contributed by atoms with Gasteiger partial charge >= 0.3 is 0 Å². The molecule has 0 saturated carbocycles. The third-order valence-corrected chi connectivity index (χ3v) is 5.00. The molecule has 0 aliphatic rings. The van der Waals surface area contributed by atoms with E-state index in [2.05, 4.69) is 0 Å². The summed E-state index contributed by atoms with van der Waals surface area (Å²) in [7, 11) is -2.21. The smallest absolute Gasteiger partial charge is 0.269 e. The first-order valence-electron chi connectivity index (χ1n) is 8.21. The molecule has 2 rings (SSSR count). The highest BCUT2D eigenvalue weighted by Crippen LogP contribution is 2.29. The molecule has 0 aliphatic carbocycles. The van der Waals surface area contributed by atoms with Crippen LogP contribution in [0.2, 0.25) is 0 Å².